The zero-order valence-electron chi connectivity index (χ0n) is 14.4. The molecule has 2 aromatic carbocycles. The first-order valence-corrected chi connectivity index (χ1v) is 8.49. The monoisotopic (exact) mass is 357 g/mol. The molecule has 4 rings (SSSR count). The van der Waals surface area contributed by atoms with Crippen LogP contribution in [-0.2, 0) is 13.0 Å². The zero-order chi connectivity index (χ0) is 18.1. The van der Waals surface area contributed by atoms with Crippen LogP contribution in [0.3, 0.4) is 0 Å². The minimum absolute atomic E-state index is 0.159. The summed E-state index contributed by atoms with van der Waals surface area (Å²) < 4.78 is 38.9. The van der Waals surface area contributed by atoms with Crippen LogP contribution >= 0.6 is 0 Å². The fraction of sp³-hybridized carbons (Fsp3) is 0.250. The second-order valence-corrected chi connectivity index (χ2v) is 6.16. The largest absolute Gasteiger partial charge is 0.497 e. The van der Waals surface area contributed by atoms with E-state index in [9.17, 15) is 8.78 Å². The first-order valence-electron chi connectivity index (χ1n) is 8.49. The molecule has 0 amide bonds. The summed E-state index contributed by atoms with van der Waals surface area (Å²) in [5.74, 6) is 2.17. The number of aromatic nitrogens is 2. The number of fused-ring (bicyclic) bond motifs is 1. The van der Waals surface area contributed by atoms with E-state index < -0.39 is 6.61 Å². The Morgan fingerprint density at radius 1 is 1.00 bits per heavy atom. The number of hydrogen-bond donors (Lipinski definition) is 0. The van der Waals surface area contributed by atoms with Crippen molar-refractivity contribution in [2.45, 2.75) is 26.0 Å². The maximum Gasteiger partial charge on any atom is 0.387 e. The Morgan fingerprint density at radius 3 is 2.35 bits per heavy atom. The Hall–Kier alpha value is -2.89. The number of nitrogens with zero attached hydrogens (tertiary/aromatic N) is 2. The van der Waals surface area contributed by atoms with Gasteiger partial charge < -0.3 is 9.47 Å². The van der Waals surface area contributed by atoms with Crippen molar-refractivity contribution in [1.82, 2.24) is 4.57 Å². The van der Waals surface area contributed by atoms with Crippen molar-refractivity contribution in [3.05, 3.63) is 60.6 Å². The van der Waals surface area contributed by atoms with Gasteiger partial charge in [-0.1, -0.05) is 0 Å². The van der Waals surface area contributed by atoms with Crippen LogP contribution in [0, 0.1) is 0 Å². The number of imidazole rings is 1. The summed E-state index contributed by atoms with van der Waals surface area (Å²) in [7, 11) is 1.64. The lowest BCUT2D eigenvalue weighted by Crippen LogP contribution is -2.30. The lowest BCUT2D eigenvalue weighted by molar-refractivity contribution is -0.689. The maximum atomic E-state index is 12.4. The van der Waals surface area contributed by atoms with Crippen LogP contribution < -0.4 is 14.0 Å². The molecule has 0 bridgehead atoms. The topological polar surface area (TPSA) is 27.3 Å². The van der Waals surface area contributed by atoms with Crippen LogP contribution in [0.25, 0.3) is 16.9 Å². The van der Waals surface area contributed by atoms with Crippen LogP contribution in [0.2, 0.25) is 0 Å². The molecule has 0 aliphatic carbocycles. The third kappa shape index (κ3) is 3.03. The van der Waals surface area contributed by atoms with Crippen LogP contribution in [0.1, 0.15) is 12.2 Å². The van der Waals surface area contributed by atoms with Crippen molar-refractivity contribution >= 4 is 0 Å². The Bertz CT molecular complexity index is 903. The Kier molecular flexibility index (Phi) is 4.32. The fourth-order valence-electron chi connectivity index (χ4n) is 3.43. The number of methoxy groups -OCH3 is 1. The molecule has 6 heteroatoms. The van der Waals surface area contributed by atoms with Crippen molar-refractivity contribution in [3.63, 3.8) is 0 Å². The summed E-state index contributed by atoms with van der Waals surface area (Å²) in [6.45, 7) is -1.83. The van der Waals surface area contributed by atoms with Crippen LogP contribution in [0.5, 0.6) is 11.5 Å². The molecule has 0 spiro atoms. The van der Waals surface area contributed by atoms with Gasteiger partial charge in [0.2, 0.25) is 0 Å². The average Bonchev–Trinajstić information content (AvgIpc) is 3.23. The molecule has 26 heavy (non-hydrogen) atoms. The van der Waals surface area contributed by atoms with E-state index in [0.717, 1.165) is 42.1 Å². The summed E-state index contributed by atoms with van der Waals surface area (Å²) in [6.07, 6.45) is 4.23. The van der Waals surface area contributed by atoms with Crippen LogP contribution in [0.4, 0.5) is 8.78 Å². The third-order valence-corrected chi connectivity index (χ3v) is 4.61. The van der Waals surface area contributed by atoms with Gasteiger partial charge in [-0.3, -0.25) is 0 Å². The van der Waals surface area contributed by atoms with E-state index in [-0.39, 0.29) is 5.75 Å². The lowest BCUT2D eigenvalue weighted by Gasteiger charge is -2.07. The van der Waals surface area contributed by atoms with Gasteiger partial charge in [-0.15, -0.1) is 0 Å². The van der Waals surface area contributed by atoms with Crippen molar-refractivity contribution in [2.24, 2.45) is 0 Å². The highest BCUT2D eigenvalue weighted by Gasteiger charge is 2.29. The first kappa shape index (κ1) is 16.6. The summed E-state index contributed by atoms with van der Waals surface area (Å²) >= 11 is 0. The lowest BCUT2D eigenvalue weighted by atomic mass is 10.1. The normalized spacial score (nSPS) is 13.1. The predicted octanol–water partition coefficient (Wildman–Crippen LogP) is 3.99. The quantitative estimate of drug-likeness (QED) is 0.646. The zero-order valence-corrected chi connectivity index (χ0v) is 14.4. The number of aryl methyl sites for hydroxylation is 1. The van der Waals surface area contributed by atoms with E-state index in [2.05, 4.69) is 20.1 Å². The molecule has 2 heterocycles. The minimum atomic E-state index is -2.82. The van der Waals surface area contributed by atoms with Gasteiger partial charge in [0.25, 0.3) is 5.82 Å². The smallest absolute Gasteiger partial charge is 0.387 e. The highest BCUT2D eigenvalue weighted by molar-refractivity contribution is 5.63. The summed E-state index contributed by atoms with van der Waals surface area (Å²) in [6, 6.07) is 14.7. The SMILES string of the molecule is COc1ccc(-c2c[n+]3c(n2-c2ccc(OC(F)F)cc2)CCC3)cc1. The van der Waals surface area contributed by atoms with Gasteiger partial charge in [-0.25, -0.2) is 4.57 Å². The first-order chi connectivity index (χ1) is 12.7. The van der Waals surface area contributed by atoms with Crippen molar-refractivity contribution in [1.29, 1.82) is 0 Å². The highest BCUT2D eigenvalue weighted by atomic mass is 19.3. The average molecular weight is 357 g/mol. The molecule has 0 unspecified atom stereocenters. The van der Waals surface area contributed by atoms with Gasteiger partial charge in [-0.05, 0) is 55.0 Å². The molecular weight excluding hydrogens is 338 g/mol. The Morgan fingerprint density at radius 2 is 1.69 bits per heavy atom. The summed E-state index contributed by atoms with van der Waals surface area (Å²) in [4.78, 5) is 0. The molecule has 1 aliphatic rings. The van der Waals surface area contributed by atoms with Gasteiger partial charge >= 0.3 is 6.61 Å². The third-order valence-electron chi connectivity index (χ3n) is 4.61. The van der Waals surface area contributed by atoms with Gasteiger partial charge in [0.1, 0.15) is 23.4 Å². The van der Waals surface area contributed by atoms with E-state index in [4.69, 9.17) is 4.74 Å². The molecular formula is C20H19F2N2O2+. The van der Waals surface area contributed by atoms with E-state index in [0.29, 0.717) is 0 Å². The molecule has 1 aliphatic heterocycles. The maximum absolute atomic E-state index is 12.4. The minimum Gasteiger partial charge on any atom is -0.497 e. The predicted molar refractivity (Wildman–Crippen MR) is 92.9 cm³/mol. The number of benzene rings is 2. The second kappa shape index (κ2) is 6.78. The van der Waals surface area contributed by atoms with Crippen LogP contribution in [-0.4, -0.2) is 18.3 Å². The molecule has 4 nitrogen and oxygen atoms in total. The molecule has 134 valence electrons. The summed E-state index contributed by atoms with van der Waals surface area (Å²) in [5, 5.41) is 0. The van der Waals surface area contributed by atoms with E-state index in [1.807, 2.05) is 36.4 Å². The van der Waals surface area contributed by atoms with E-state index >= 15 is 0 Å². The Balaban J connectivity index is 1.77. The van der Waals surface area contributed by atoms with Gasteiger partial charge in [-0.2, -0.15) is 13.3 Å². The Labute approximate surface area is 150 Å². The van der Waals surface area contributed by atoms with Gasteiger partial charge in [0.05, 0.1) is 20.1 Å². The molecule has 0 radical (unpaired) electrons. The second-order valence-electron chi connectivity index (χ2n) is 6.16. The fourth-order valence-corrected chi connectivity index (χ4v) is 3.43. The van der Waals surface area contributed by atoms with Gasteiger partial charge in [0, 0.05) is 5.56 Å². The molecule has 0 saturated carbocycles. The number of ether oxygens (including phenoxy) is 2. The molecule has 0 N–H and O–H groups in total. The highest BCUT2D eigenvalue weighted by Crippen LogP contribution is 2.29. The number of halogens is 2. The molecule has 0 saturated heterocycles. The number of alkyl halides is 2. The molecule has 1 aromatic heterocycles. The van der Waals surface area contributed by atoms with E-state index in [1.165, 1.54) is 5.82 Å². The van der Waals surface area contributed by atoms with Gasteiger partial charge in [0.15, 0.2) is 5.69 Å². The van der Waals surface area contributed by atoms with Crippen molar-refractivity contribution in [2.75, 3.05) is 7.11 Å². The van der Waals surface area contributed by atoms with E-state index in [1.54, 1.807) is 19.2 Å². The molecule has 0 fully saturated rings. The standard InChI is InChI=1S/C20H19F2N2O2/c1-25-16-8-4-14(5-9-16)18-13-23-12-2-3-19(23)24(18)15-6-10-17(11-7-15)26-20(21)22/h4-11,13,20H,2-3,12H2,1H3/q+1. The van der Waals surface area contributed by atoms with Crippen molar-refractivity contribution < 1.29 is 22.8 Å². The summed E-state index contributed by atoms with van der Waals surface area (Å²) in [5.41, 5.74) is 3.05. The number of hydrogen-bond acceptors (Lipinski definition) is 2. The van der Waals surface area contributed by atoms with Crippen molar-refractivity contribution in [3.8, 4) is 28.4 Å². The molecule has 0 atom stereocenters. The molecule has 3 aromatic rings. The number of rotatable bonds is 5. The van der Waals surface area contributed by atoms with Crippen LogP contribution in [0.15, 0.2) is 54.7 Å².